The molecule has 0 fully saturated rings. The van der Waals surface area contributed by atoms with Gasteiger partial charge in [0.15, 0.2) is 0 Å². The summed E-state index contributed by atoms with van der Waals surface area (Å²) in [6, 6.07) is 10.3. The average Bonchev–Trinajstić information content (AvgIpc) is 2.42. The van der Waals surface area contributed by atoms with Gasteiger partial charge >= 0.3 is 0 Å². The number of hydrogen-bond donors (Lipinski definition) is 1. The van der Waals surface area contributed by atoms with Crippen molar-refractivity contribution >= 4 is 39.1 Å². The van der Waals surface area contributed by atoms with Crippen LogP contribution >= 0.6 is 39.1 Å². The molecule has 0 amide bonds. The molecule has 0 aliphatic rings. The molecule has 0 aliphatic carbocycles. The molecular weight excluding hydrogens is 364 g/mol. The molecule has 0 spiro atoms. The molecule has 106 valence electrons. The summed E-state index contributed by atoms with van der Waals surface area (Å²) in [7, 11) is 1.82. The van der Waals surface area contributed by atoms with Crippen LogP contribution in [0.15, 0.2) is 40.9 Å². The van der Waals surface area contributed by atoms with Gasteiger partial charge in [0.25, 0.3) is 0 Å². The van der Waals surface area contributed by atoms with E-state index >= 15 is 0 Å². The summed E-state index contributed by atoms with van der Waals surface area (Å²) in [5, 5.41) is 4.21. The van der Waals surface area contributed by atoms with E-state index in [2.05, 4.69) is 21.2 Å². The Hall–Kier alpha value is -0.610. The summed E-state index contributed by atoms with van der Waals surface area (Å²) in [4.78, 5) is 0. The van der Waals surface area contributed by atoms with Crippen molar-refractivity contribution in [2.75, 3.05) is 7.05 Å². The highest BCUT2D eigenvalue weighted by Gasteiger charge is 2.18. The number of halogens is 4. The van der Waals surface area contributed by atoms with Gasteiger partial charge in [-0.25, -0.2) is 4.39 Å². The fraction of sp³-hybridized carbons (Fsp3) is 0.200. The van der Waals surface area contributed by atoms with Crippen molar-refractivity contribution in [3.8, 4) is 0 Å². The maximum absolute atomic E-state index is 13.9. The third-order valence-corrected chi connectivity index (χ3v) is 4.84. The largest absolute Gasteiger partial charge is 0.313 e. The lowest BCUT2D eigenvalue weighted by Crippen LogP contribution is -2.20. The lowest BCUT2D eigenvalue weighted by molar-refractivity contribution is 0.554. The van der Waals surface area contributed by atoms with E-state index in [1.54, 1.807) is 12.1 Å². The van der Waals surface area contributed by atoms with Crippen LogP contribution in [0, 0.1) is 5.82 Å². The van der Waals surface area contributed by atoms with Crippen LogP contribution < -0.4 is 5.32 Å². The first kappa shape index (κ1) is 15.8. The van der Waals surface area contributed by atoms with E-state index < -0.39 is 0 Å². The van der Waals surface area contributed by atoms with Crippen molar-refractivity contribution in [3.63, 3.8) is 0 Å². The second kappa shape index (κ2) is 6.90. The summed E-state index contributed by atoms with van der Waals surface area (Å²) in [5.41, 5.74) is 1.40. The van der Waals surface area contributed by atoms with Crippen LogP contribution in [0.5, 0.6) is 0 Å². The summed E-state index contributed by atoms with van der Waals surface area (Å²) in [5.74, 6) is -0.302. The minimum Gasteiger partial charge on any atom is -0.313 e. The molecule has 0 saturated heterocycles. The molecule has 1 unspecified atom stereocenters. The Balaban J connectivity index is 2.37. The Morgan fingerprint density at radius 3 is 2.55 bits per heavy atom. The zero-order valence-corrected chi connectivity index (χ0v) is 13.9. The molecule has 2 aromatic carbocycles. The summed E-state index contributed by atoms with van der Waals surface area (Å²) >= 11 is 15.8. The van der Waals surface area contributed by atoms with Crippen LogP contribution in [-0.4, -0.2) is 7.05 Å². The Labute approximate surface area is 136 Å². The van der Waals surface area contributed by atoms with E-state index in [0.717, 1.165) is 10.0 Å². The highest BCUT2D eigenvalue weighted by atomic mass is 79.9. The molecule has 1 nitrogen and oxygen atoms in total. The standard InChI is InChI=1S/C15H13BrCl2FN/c1-20-14(9-4-2-5-11(16)15(9)18)8-10-12(17)6-3-7-13(10)19/h2-7,14,20H,8H2,1H3. The molecule has 0 aliphatic heterocycles. The van der Waals surface area contributed by atoms with Gasteiger partial charge < -0.3 is 5.32 Å². The van der Waals surface area contributed by atoms with E-state index in [9.17, 15) is 4.39 Å². The smallest absolute Gasteiger partial charge is 0.127 e. The predicted octanol–water partition coefficient (Wildman–Crippen LogP) is 5.40. The highest BCUT2D eigenvalue weighted by molar-refractivity contribution is 9.10. The zero-order valence-electron chi connectivity index (χ0n) is 10.8. The SMILES string of the molecule is CNC(Cc1c(F)cccc1Cl)c1cccc(Br)c1Cl. The molecule has 0 saturated carbocycles. The highest BCUT2D eigenvalue weighted by Crippen LogP contribution is 2.33. The minimum absolute atomic E-state index is 0.116. The molecule has 1 atom stereocenters. The lowest BCUT2D eigenvalue weighted by atomic mass is 9.98. The first-order valence-electron chi connectivity index (χ1n) is 6.08. The number of nitrogens with one attached hydrogen (secondary N) is 1. The molecule has 5 heteroatoms. The second-order valence-corrected chi connectivity index (χ2v) is 6.03. The predicted molar refractivity (Wildman–Crippen MR) is 86.1 cm³/mol. The summed E-state index contributed by atoms with van der Waals surface area (Å²) in [6.07, 6.45) is 0.429. The second-order valence-electron chi connectivity index (χ2n) is 4.39. The van der Waals surface area contributed by atoms with Gasteiger partial charge in [-0.2, -0.15) is 0 Å². The number of likely N-dealkylation sites (N-methyl/N-ethyl adjacent to an activating group) is 1. The van der Waals surface area contributed by atoms with E-state index in [-0.39, 0.29) is 11.9 Å². The van der Waals surface area contributed by atoms with E-state index in [0.29, 0.717) is 22.0 Å². The topological polar surface area (TPSA) is 12.0 Å². The van der Waals surface area contributed by atoms with Crippen molar-refractivity contribution in [2.24, 2.45) is 0 Å². The van der Waals surface area contributed by atoms with Gasteiger partial charge in [0.05, 0.1) is 5.02 Å². The van der Waals surface area contributed by atoms with Crippen molar-refractivity contribution in [3.05, 3.63) is 67.9 Å². The molecular formula is C15H13BrCl2FN. The molecule has 0 aromatic heterocycles. The van der Waals surface area contributed by atoms with E-state index in [1.807, 2.05) is 25.2 Å². The first-order valence-corrected chi connectivity index (χ1v) is 7.63. The quantitative estimate of drug-likeness (QED) is 0.753. The van der Waals surface area contributed by atoms with Gasteiger partial charge in [-0.1, -0.05) is 41.4 Å². The number of benzene rings is 2. The van der Waals surface area contributed by atoms with Gasteiger partial charge in [0.2, 0.25) is 0 Å². The van der Waals surface area contributed by atoms with Crippen molar-refractivity contribution in [1.29, 1.82) is 0 Å². The molecule has 20 heavy (non-hydrogen) atoms. The third kappa shape index (κ3) is 3.34. The van der Waals surface area contributed by atoms with Crippen LogP contribution in [0.2, 0.25) is 10.0 Å². The lowest BCUT2D eigenvalue weighted by Gasteiger charge is -2.19. The monoisotopic (exact) mass is 375 g/mol. The molecule has 0 heterocycles. The first-order chi connectivity index (χ1) is 9.54. The van der Waals surface area contributed by atoms with Crippen LogP contribution in [0.25, 0.3) is 0 Å². The van der Waals surface area contributed by atoms with Crippen LogP contribution in [-0.2, 0) is 6.42 Å². The number of rotatable bonds is 4. The molecule has 2 rings (SSSR count). The summed E-state index contributed by atoms with van der Waals surface area (Å²) in [6.45, 7) is 0. The fourth-order valence-electron chi connectivity index (χ4n) is 2.09. The Morgan fingerprint density at radius 1 is 1.20 bits per heavy atom. The van der Waals surface area contributed by atoms with E-state index in [1.165, 1.54) is 6.07 Å². The van der Waals surface area contributed by atoms with Crippen molar-refractivity contribution in [1.82, 2.24) is 5.32 Å². The normalized spacial score (nSPS) is 12.4. The van der Waals surface area contributed by atoms with Gasteiger partial charge in [-0.15, -0.1) is 0 Å². The molecule has 2 aromatic rings. The van der Waals surface area contributed by atoms with Gasteiger partial charge in [-0.05, 0) is 53.2 Å². The minimum atomic E-state index is -0.302. The maximum atomic E-state index is 13.9. The van der Waals surface area contributed by atoms with Crippen LogP contribution in [0.1, 0.15) is 17.2 Å². The average molecular weight is 377 g/mol. The third-order valence-electron chi connectivity index (χ3n) is 3.18. The van der Waals surface area contributed by atoms with E-state index in [4.69, 9.17) is 23.2 Å². The Kier molecular flexibility index (Phi) is 5.44. The molecule has 1 N–H and O–H groups in total. The van der Waals surface area contributed by atoms with Crippen molar-refractivity contribution < 1.29 is 4.39 Å². The van der Waals surface area contributed by atoms with Gasteiger partial charge in [0.1, 0.15) is 5.82 Å². The molecule has 0 radical (unpaired) electrons. The fourth-order valence-corrected chi connectivity index (χ4v) is 2.97. The zero-order chi connectivity index (χ0) is 14.7. The Morgan fingerprint density at radius 2 is 1.90 bits per heavy atom. The van der Waals surface area contributed by atoms with Gasteiger partial charge in [-0.3, -0.25) is 0 Å². The maximum Gasteiger partial charge on any atom is 0.127 e. The summed E-state index contributed by atoms with van der Waals surface area (Å²) < 4.78 is 14.7. The van der Waals surface area contributed by atoms with Crippen LogP contribution in [0.3, 0.4) is 0 Å². The Bertz CT molecular complexity index is 599. The van der Waals surface area contributed by atoms with Crippen LogP contribution in [0.4, 0.5) is 4.39 Å². The number of hydrogen-bond acceptors (Lipinski definition) is 1. The van der Waals surface area contributed by atoms with Crippen molar-refractivity contribution in [2.45, 2.75) is 12.5 Å². The van der Waals surface area contributed by atoms with Gasteiger partial charge in [0, 0.05) is 21.1 Å². The molecule has 0 bridgehead atoms.